The fourth-order valence-electron chi connectivity index (χ4n) is 1.84. The fourth-order valence-corrected chi connectivity index (χ4v) is 1.84. The van der Waals surface area contributed by atoms with Crippen molar-refractivity contribution in [2.24, 2.45) is 0 Å². The summed E-state index contributed by atoms with van der Waals surface area (Å²) >= 11 is 0. The van der Waals surface area contributed by atoms with Gasteiger partial charge in [-0.25, -0.2) is 0 Å². The lowest BCUT2D eigenvalue weighted by molar-refractivity contribution is -0.384. The molecule has 0 radical (unpaired) electrons. The summed E-state index contributed by atoms with van der Waals surface area (Å²) in [7, 11) is 0. The van der Waals surface area contributed by atoms with E-state index in [4.69, 9.17) is 0 Å². The molecule has 0 saturated heterocycles. The van der Waals surface area contributed by atoms with Gasteiger partial charge in [0.1, 0.15) is 0 Å². The van der Waals surface area contributed by atoms with Gasteiger partial charge in [0.25, 0.3) is 17.4 Å². The molecule has 1 heterocycles. The molecule has 0 atom stereocenters. The number of hydrogen-bond acceptors (Lipinski definition) is 4. The summed E-state index contributed by atoms with van der Waals surface area (Å²) in [6, 6.07) is 3.63. The third-order valence-corrected chi connectivity index (χ3v) is 2.68. The molecule has 0 unspecified atom stereocenters. The molecule has 7 heteroatoms. The van der Waals surface area contributed by atoms with Gasteiger partial charge < -0.3 is 4.90 Å². The van der Waals surface area contributed by atoms with Crippen LogP contribution in [0.2, 0.25) is 0 Å². The Bertz CT molecular complexity index is 544. The summed E-state index contributed by atoms with van der Waals surface area (Å²) in [5.74, 6) is -1.55. The van der Waals surface area contributed by atoms with Crippen molar-refractivity contribution >= 4 is 23.1 Å². The predicted molar refractivity (Wildman–Crippen MR) is 60.4 cm³/mol. The second-order valence-electron chi connectivity index (χ2n) is 3.79. The lowest BCUT2D eigenvalue weighted by Gasteiger charge is -2.14. The lowest BCUT2D eigenvalue weighted by Crippen LogP contribution is -2.30. The molecular weight excluding hydrogens is 243 g/mol. The van der Waals surface area contributed by atoms with Crippen LogP contribution in [0.4, 0.5) is 15.8 Å². The largest absolute Gasteiger partial charge is 0.305 e. The molecule has 1 aromatic carbocycles. The zero-order chi connectivity index (χ0) is 13.3. The van der Waals surface area contributed by atoms with Gasteiger partial charge in [-0.1, -0.05) is 0 Å². The number of fused-ring (bicyclic) bond motifs is 1. The van der Waals surface area contributed by atoms with Crippen LogP contribution in [0, 0.1) is 10.1 Å². The number of non-ortho nitro benzene ring substituents is 1. The molecular formula is C11H9FN2O4. The molecule has 94 valence electrons. The zero-order valence-corrected chi connectivity index (χ0v) is 9.26. The van der Waals surface area contributed by atoms with Crippen molar-refractivity contribution in [3.05, 3.63) is 33.9 Å². The molecule has 1 amide bonds. The summed E-state index contributed by atoms with van der Waals surface area (Å²) in [5, 5.41) is 10.6. The topological polar surface area (TPSA) is 80.5 Å². The van der Waals surface area contributed by atoms with Gasteiger partial charge in [0.2, 0.25) is 0 Å². The minimum absolute atomic E-state index is 0.00746. The van der Waals surface area contributed by atoms with Crippen molar-refractivity contribution in [1.82, 2.24) is 0 Å². The molecule has 0 spiro atoms. The summed E-state index contributed by atoms with van der Waals surface area (Å²) < 4.78 is 12.1. The molecule has 1 aliphatic heterocycles. The summed E-state index contributed by atoms with van der Waals surface area (Å²) in [4.78, 5) is 34.4. The Hall–Kier alpha value is -2.31. The van der Waals surface area contributed by atoms with Crippen LogP contribution in [0.15, 0.2) is 18.2 Å². The smallest absolute Gasteiger partial charge is 0.299 e. The summed E-state index contributed by atoms with van der Waals surface area (Å²) in [6.45, 7) is -0.508. The van der Waals surface area contributed by atoms with E-state index in [2.05, 4.69) is 0 Å². The number of amides is 1. The number of hydrogen-bond donors (Lipinski definition) is 0. The predicted octanol–water partition coefficient (Wildman–Crippen LogP) is 1.48. The molecule has 0 bridgehead atoms. The van der Waals surface area contributed by atoms with Crippen LogP contribution in [0.5, 0.6) is 0 Å². The second kappa shape index (κ2) is 4.52. The zero-order valence-electron chi connectivity index (χ0n) is 9.26. The van der Waals surface area contributed by atoms with Gasteiger partial charge in [0.05, 0.1) is 22.8 Å². The molecule has 18 heavy (non-hydrogen) atoms. The molecule has 6 nitrogen and oxygen atoms in total. The van der Waals surface area contributed by atoms with Crippen molar-refractivity contribution in [3.63, 3.8) is 0 Å². The normalized spacial score (nSPS) is 13.9. The van der Waals surface area contributed by atoms with E-state index in [1.54, 1.807) is 0 Å². The van der Waals surface area contributed by atoms with Crippen molar-refractivity contribution < 1.29 is 18.9 Å². The Morgan fingerprint density at radius 1 is 1.33 bits per heavy atom. The molecule has 0 aliphatic carbocycles. The van der Waals surface area contributed by atoms with Crippen molar-refractivity contribution in [2.75, 3.05) is 18.1 Å². The van der Waals surface area contributed by atoms with Gasteiger partial charge in [0, 0.05) is 18.7 Å². The fraction of sp³-hybridized carbons (Fsp3) is 0.273. The van der Waals surface area contributed by atoms with Crippen molar-refractivity contribution in [1.29, 1.82) is 0 Å². The highest BCUT2D eigenvalue weighted by Crippen LogP contribution is 2.31. The number of nitro groups is 1. The monoisotopic (exact) mass is 252 g/mol. The average Bonchev–Trinajstić information content (AvgIpc) is 2.60. The Morgan fingerprint density at radius 3 is 2.67 bits per heavy atom. The van der Waals surface area contributed by atoms with E-state index in [-0.39, 0.29) is 24.2 Å². The van der Waals surface area contributed by atoms with Crippen LogP contribution in [0.3, 0.4) is 0 Å². The van der Waals surface area contributed by atoms with Crippen molar-refractivity contribution in [3.8, 4) is 0 Å². The van der Waals surface area contributed by atoms with E-state index in [1.165, 1.54) is 12.1 Å². The van der Waals surface area contributed by atoms with Crippen LogP contribution in [0.25, 0.3) is 0 Å². The van der Waals surface area contributed by atoms with Gasteiger partial charge >= 0.3 is 0 Å². The summed E-state index contributed by atoms with van der Waals surface area (Å²) in [6.07, 6.45) is 0.120. The molecule has 1 aliphatic rings. The van der Waals surface area contributed by atoms with Crippen LogP contribution < -0.4 is 4.90 Å². The first-order chi connectivity index (χ1) is 8.56. The van der Waals surface area contributed by atoms with E-state index < -0.39 is 23.3 Å². The minimum atomic E-state index is -0.785. The number of rotatable bonds is 4. The highest BCUT2D eigenvalue weighted by molar-refractivity contribution is 6.52. The Labute approximate surface area is 101 Å². The van der Waals surface area contributed by atoms with Crippen LogP contribution in [-0.2, 0) is 4.79 Å². The summed E-state index contributed by atoms with van der Waals surface area (Å²) in [5.41, 5.74) is 0.0688. The first-order valence-corrected chi connectivity index (χ1v) is 5.27. The van der Waals surface area contributed by atoms with Crippen LogP contribution >= 0.6 is 0 Å². The van der Waals surface area contributed by atoms with Gasteiger partial charge in [-0.15, -0.1) is 0 Å². The van der Waals surface area contributed by atoms with Gasteiger partial charge in [0.15, 0.2) is 0 Å². The Kier molecular flexibility index (Phi) is 3.05. The lowest BCUT2D eigenvalue weighted by atomic mass is 10.1. The van der Waals surface area contributed by atoms with Crippen LogP contribution in [0.1, 0.15) is 16.8 Å². The number of carbonyl (C=O) groups excluding carboxylic acids is 2. The molecule has 0 fully saturated rings. The van der Waals surface area contributed by atoms with Crippen LogP contribution in [-0.4, -0.2) is 29.8 Å². The number of anilines is 1. The molecule has 1 aromatic rings. The number of carbonyl (C=O) groups is 2. The third-order valence-electron chi connectivity index (χ3n) is 2.68. The minimum Gasteiger partial charge on any atom is -0.305 e. The highest BCUT2D eigenvalue weighted by atomic mass is 19.1. The molecule has 0 aromatic heterocycles. The van der Waals surface area contributed by atoms with E-state index >= 15 is 0 Å². The Balaban J connectivity index is 2.41. The second-order valence-corrected chi connectivity index (χ2v) is 3.79. The number of halogens is 1. The van der Waals surface area contributed by atoms with E-state index in [1.807, 2.05) is 0 Å². The number of Topliss-reactive ketones (excluding diaryl/α,β-unsaturated/α-hetero) is 1. The Morgan fingerprint density at radius 2 is 2.06 bits per heavy atom. The number of ketones is 1. The molecule has 0 saturated carbocycles. The van der Waals surface area contributed by atoms with Gasteiger partial charge in [-0.3, -0.25) is 24.1 Å². The highest BCUT2D eigenvalue weighted by Gasteiger charge is 2.36. The number of nitro benzene ring substituents is 1. The molecule has 2 rings (SSSR count). The maximum atomic E-state index is 12.1. The first kappa shape index (κ1) is 12.2. The average molecular weight is 252 g/mol. The number of benzene rings is 1. The molecule has 0 N–H and O–H groups in total. The third kappa shape index (κ3) is 1.83. The number of alkyl halides is 1. The van der Waals surface area contributed by atoms with E-state index in [0.717, 1.165) is 11.0 Å². The maximum Gasteiger partial charge on any atom is 0.299 e. The first-order valence-electron chi connectivity index (χ1n) is 5.27. The van der Waals surface area contributed by atoms with Gasteiger partial charge in [-0.05, 0) is 12.5 Å². The SMILES string of the molecule is O=C1C(=O)N(CCCF)c2ccc([N+](=O)[O-])cc21. The number of nitrogens with zero attached hydrogens (tertiary/aromatic N) is 2. The van der Waals surface area contributed by atoms with Crippen molar-refractivity contribution in [2.45, 2.75) is 6.42 Å². The van der Waals surface area contributed by atoms with E-state index in [9.17, 15) is 24.1 Å². The van der Waals surface area contributed by atoms with Gasteiger partial charge in [-0.2, -0.15) is 0 Å². The standard InChI is InChI=1S/C11H9FN2O4/c12-4-1-5-13-9-3-2-7(14(17)18)6-8(9)10(15)11(13)16/h2-3,6H,1,4-5H2. The van der Waals surface area contributed by atoms with E-state index in [0.29, 0.717) is 5.69 Å². The maximum absolute atomic E-state index is 12.1. The quantitative estimate of drug-likeness (QED) is 0.462.